The Hall–Kier alpha value is -0.680. The van der Waals surface area contributed by atoms with Crippen molar-refractivity contribution in [1.29, 1.82) is 0 Å². The first kappa shape index (κ1) is 15.7. The van der Waals surface area contributed by atoms with E-state index in [9.17, 15) is 28.5 Å². The highest BCUT2D eigenvalue weighted by Gasteiger charge is 2.61. The molecule has 0 radical (unpaired) electrons. The van der Waals surface area contributed by atoms with Gasteiger partial charge in [-0.05, 0) is 14.0 Å². The molecule has 1 fully saturated rings. The Bertz CT molecular complexity index is 429. The molecule has 2 aliphatic rings. The van der Waals surface area contributed by atoms with E-state index in [0.29, 0.717) is 6.92 Å². The van der Waals surface area contributed by atoms with Crippen molar-refractivity contribution in [2.45, 2.75) is 41.8 Å². The van der Waals surface area contributed by atoms with Crippen LogP contribution >= 0.6 is 11.8 Å². The van der Waals surface area contributed by atoms with Crippen LogP contribution in [-0.4, -0.2) is 57.3 Å². The Morgan fingerprint density at radius 1 is 1.40 bits per heavy atom. The summed E-state index contributed by atoms with van der Waals surface area (Å²) >= 11 is 1.08. The smallest absolute Gasteiger partial charge is 0.419 e. The molecule has 0 spiro atoms. The molecule has 0 aliphatic carbocycles. The van der Waals surface area contributed by atoms with Crippen molar-refractivity contribution in [2.75, 3.05) is 7.05 Å². The number of nitrogens with one attached hydrogen (secondary N) is 2. The van der Waals surface area contributed by atoms with Gasteiger partial charge in [-0.15, -0.1) is 0 Å². The largest absolute Gasteiger partial charge is 0.507 e. The first-order valence-corrected chi connectivity index (χ1v) is 6.68. The minimum absolute atomic E-state index is 0.107. The molecule has 0 aromatic heterocycles. The van der Waals surface area contributed by atoms with Crippen molar-refractivity contribution in [3.05, 3.63) is 11.5 Å². The maximum Gasteiger partial charge on any atom is 0.419 e. The second-order valence-corrected chi connectivity index (χ2v) is 5.90. The van der Waals surface area contributed by atoms with Crippen LogP contribution in [0.15, 0.2) is 11.5 Å². The van der Waals surface area contributed by atoms with Crippen LogP contribution in [0.25, 0.3) is 0 Å². The number of hydrogen-bond donors (Lipinski definition) is 5. The molecule has 20 heavy (non-hydrogen) atoms. The number of rotatable bonds is 2. The zero-order valence-electron chi connectivity index (χ0n) is 10.6. The summed E-state index contributed by atoms with van der Waals surface area (Å²) in [6.45, 7) is 0.502. The molecule has 0 aromatic carbocycles. The van der Waals surface area contributed by atoms with Gasteiger partial charge < -0.3 is 25.4 Å². The van der Waals surface area contributed by atoms with Crippen molar-refractivity contribution >= 4 is 11.8 Å². The van der Waals surface area contributed by atoms with Gasteiger partial charge in [0.2, 0.25) is 0 Å². The van der Waals surface area contributed by atoms with Crippen LogP contribution in [0, 0.1) is 0 Å². The SMILES string of the molecule is CNC1NC2=C(O)[C@@H](O)[C@@H](C(C)(O)C(F)(F)F)O[C@@H]2S1. The molecular weight excluding hydrogens is 301 g/mol. The number of halogens is 3. The van der Waals surface area contributed by atoms with Crippen LogP contribution in [0.4, 0.5) is 13.2 Å². The van der Waals surface area contributed by atoms with Gasteiger partial charge in [0.1, 0.15) is 28.9 Å². The van der Waals surface area contributed by atoms with Gasteiger partial charge in [-0.3, -0.25) is 5.32 Å². The third kappa shape index (κ3) is 2.35. The van der Waals surface area contributed by atoms with Crippen molar-refractivity contribution in [3.8, 4) is 0 Å². The Morgan fingerprint density at radius 2 is 2.00 bits per heavy atom. The molecule has 2 heterocycles. The molecule has 6 nitrogen and oxygen atoms in total. The Kier molecular flexibility index (Phi) is 3.89. The van der Waals surface area contributed by atoms with Crippen molar-refractivity contribution in [3.63, 3.8) is 0 Å². The average molecular weight is 316 g/mol. The van der Waals surface area contributed by atoms with Crippen molar-refractivity contribution in [1.82, 2.24) is 10.6 Å². The highest BCUT2D eigenvalue weighted by molar-refractivity contribution is 8.00. The molecule has 5 N–H and O–H groups in total. The zero-order valence-corrected chi connectivity index (χ0v) is 11.4. The van der Waals surface area contributed by atoms with Crippen LogP contribution in [-0.2, 0) is 4.74 Å². The minimum atomic E-state index is -5.00. The standard InChI is InChI=1S/C10H15F3N2O4S/c1-9(18,10(11,12)13)6-5(17)4(16)3-7(19-6)20-8(14-2)15-3/h5-8,14-18H,1-2H3/t5-,6+,7-,8?,9?/m1/s1. The van der Waals surface area contributed by atoms with E-state index in [1.165, 1.54) is 0 Å². The molecule has 0 bridgehead atoms. The van der Waals surface area contributed by atoms with Crippen molar-refractivity contribution < 1.29 is 33.2 Å². The van der Waals surface area contributed by atoms with Gasteiger partial charge in [0.25, 0.3) is 0 Å². The molecule has 5 atom stereocenters. The average Bonchev–Trinajstić information content (AvgIpc) is 2.75. The van der Waals surface area contributed by atoms with Gasteiger partial charge in [0, 0.05) is 0 Å². The summed E-state index contributed by atoms with van der Waals surface area (Å²) in [4.78, 5) is 0. The quantitative estimate of drug-likeness (QED) is 0.489. The van der Waals surface area contributed by atoms with Crippen molar-refractivity contribution in [2.24, 2.45) is 0 Å². The number of fused-ring (bicyclic) bond motifs is 1. The molecule has 2 aliphatic heterocycles. The molecule has 0 aromatic rings. The van der Waals surface area contributed by atoms with Crippen LogP contribution in [0.2, 0.25) is 0 Å². The van der Waals surface area contributed by atoms with Gasteiger partial charge in [0.05, 0.1) is 5.70 Å². The fourth-order valence-electron chi connectivity index (χ4n) is 1.98. The fraction of sp³-hybridized carbons (Fsp3) is 0.800. The molecule has 1 saturated heterocycles. The van der Waals surface area contributed by atoms with Gasteiger partial charge in [-0.1, -0.05) is 11.8 Å². The summed E-state index contributed by atoms with van der Waals surface area (Å²) in [5, 5.41) is 34.8. The molecule has 2 rings (SSSR count). The normalized spacial score (nSPS) is 37.4. The van der Waals surface area contributed by atoms with Crippen LogP contribution in [0.1, 0.15) is 6.92 Å². The van der Waals surface area contributed by atoms with E-state index in [-0.39, 0.29) is 11.2 Å². The zero-order chi connectivity index (χ0) is 15.3. The number of ether oxygens (including phenoxy) is 1. The molecule has 0 saturated carbocycles. The van der Waals surface area contributed by atoms with E-state index in [2.05, 4.69) is 10.6 Å². The molecule has 0 amide bonds. The molecule has 116 valence electrons. The highest BCUT2D eigenvalue weighted by atomic mass is 32.2. The lowest BCUT2D eigenvalue weighted by Gasteiger charge is -2.40. The van der Waals surface area contributed by atoms with E-state index in [4.69, 9.17) is 4.74 Å². The predicted molar refractivity (Wildman–Crippen MR) is 64.6 cm³/mol. The van der Waals surface area contributed by atoms with E-state index in [1.807, 2.05) is 0 Å². The first-order valence-electron chi connectivity index (χ1n) is 5.74. The molecule has 10 heteroatoms. The summed E-state index contributed by atoms with van der Waals surface area (Å²) in [7, 11) is 1.61. The lowest BCUT2D eigenvalue weighted by Crippen LogP contribution is -2.60. The lowest BCUT2D eigenvalue weighted by molar-refractivity contribution is -0.302. The maximum absolute atomic E-state index is 12.8. The second-order valence-electron chi connectivity index (χ2n) is 4.73. The predicted octanol–water partition coefficient (Wildman–Crippen LogP) is -0.00550. The third-order valence-electron chi connectivity index (χ3n) is 3.29. The molecular formula is C10H15F3N2O4S. The van der Waals surface area contributed by atoms with E-state index < -0.39 is 35.2 Å². The number of alkyl halides is 3. The number of hydrogen-bond acceptors (Lipinski definition) is 7. The second kappa shape index (κ2) is 4.95. The van der Waals surface area contributed by atoms with Crippen LogP contribution < -0.4 is 10.6 Å². The van der Waals surface area contributed by atoms with Gasteiger partial charge >= 0.3 is 6.18 Å². The Balaban J connectivity index is 2.30. The summed E-state index contributed by atoms with van der Waals surface area (Å²) in [6, 6.07) is 0. The number of aliphatic hydroxyl groups is 3. The van der Waals surface area contributed by atoms with Crippen LogP contribution in [0.5, 0.6) is 0 Å². The fourth-order valence-corrected chi connectivity index (χ4v) is 3.07. The maximum atomic E-state index is 12.8. The first-order chi connectivity index (χ1) is 9.09. The monoisotopic (exact) mass is 316 g/mol. The minimum Gasteiger partial charge on any atom is -0.507 e. The van der Waals surface area contributed by atoms with E-state index in [0.717, 1.165) is 11.8 Å². The summed E-state index contributed by atoms with van der Waals surface area (Å²) in [6.07, 6.45) is -8.99. The van der Waals surface area contributed by atoms with Gasteiger partial charge in [-0.25, -0.2) is 0 Å². The van der Waals surface area contributed by atoms with Gasteiger partial charge in [-0.2, -0.15) is 13.2 Å². The lowest BCUT2D eigenvalue weighted by atomic mass is 9.91. The Morgan fingerprint density at radius 3 is 2.50 bits per heavy atom. The third-order valence-corrected chi connectivity index (χ3v) is 4.50. The van der Waals surface area contributed by atoms with E-state index >= 15 is 0 Å². The summed E-state index contributed by atoms with van der Waals surface area (Å²) in [5.41, 5.74) is -4.48. The van der Waals surface area contributed by atoms with Gasteiger partial charge in [0.15, 0.2) is 5.60 Å². The van der Waals surface area contributed by atoms with Crippen LogP contribution in [0.3, 0.4) is 0 Å². The Labute approximate surface area is 117 Å². The highest BCUT2D eigenvalue weighted by Crippen LogP contribution is 2.43. The summed E-state index contributed by atoms with van der Waals surface area (Å²) in [5.74, 6) is -0.652. The number of thioether (sulfide) groups is 1. The number of aliphatic hydroxyl groups excluding tert-OH is 2. The molecule has 2 unspecified atom stereocenters. The summed E-state index contributed by atoms with van der Waals surface area (Å²) < 4.78 is 43.6. The topological polar surface area (TPSA) is 94.0 Å². The van der Waals surface area contributed by atoms with E-state index in [1.54, 1.807) is 7.05 Å².